The van der Waals surface area contributed by atoms with E-state index in [0.29, 0.717) is 12.5 Å². The Labute approximate surface area is 175 Å². The van der Waals surface area contributed by atoms with Crippen LogP contribution in [-0.2, 0) is 11.2 Å². The number of amides is 1. The molecule has 1 atom stereocenters. The van der Waals surface area contributed by atoms with E-state index in [9.17, 15) is 32.3 Å². The number of nitrogens with zero attached hydrogens (tertiary/aromatic N) is 1. The van der Waals surface area contributed by atoms with Crippen molar-refractivity contribution in [3.05, 3.63) is 64.4 Å². The Morgan fingerprint density at radius 1 is 1.10 bits per heavy atom. The lowest BCUT2D eigenvalue weighted by molar-refractivity contribution is -0.121. The van der Waals surface area contributed by atoms with Gasteiger partial charge in [0.25, 0.3) is 5.91 Å². The van der Waals surface area contributed by atoms with Gasteiger partial charge in [-0.15, -0.1) is 0 Å². The number of halogens is 4. The zero-order valence-electron chi connectivity index (χ0n) is 17.0. The minimum Gasteiger partial charge on any atom is -0.503 e. The molecule has 2 aromatic carbocycles. The quantitative estimate of drug-likeness (QED) is 0.584. The highest BCUT2D eigenvalue weighted by atomic mass is 19.2. The van der Waals surface area contributed by atoms with Crippen molar-refractivity contribution >= 4 is 22.7 Å². The van der Waals surface area contributed by atoms with Crippen molar-refractivity contribution < 1.29 is 32.3 Å². The third-order valence-electron chi connectivity index (χ3n) is 5.21. The Balaban J connectivity index is 2.22. The highest BCUT2D eigenvalue weighted by Gasteiger charge is 2.27. The number of aromatic hydroxyl groups is 1. The van der Waals surface area contributed by atoms with Gasteiger partial charge in [0.05, 0.1) is 11.9 Å². The maximum atomic E-state index is 14.8. The fraction of sp³-hybridized carbons (Fsp3) is 0.273. The Bertz CT molecular complexity index is 1200. The SMILES string of the molecule is CCC(C)NC(=O)Cc1c(C)n(C(=O)c2ccc(F)c(F)c2)c2cc(F)c(O)c(F)c12. The smallest absolute Gasteiger partial charge is 0.262 e. The second-order valence-electron chi connectivity index (χ2n) is 7.30. The molecule has 9 heteroatoms. The molecule has 0 saturated heterocycles. The lowest BCUT2D eigenvalue weighted by atomic mass is 10.1. The number of benzene rings is 2. The first-order valence-electron chi connectivity index (χ1n) is 9.56. The highest BCUT2D eigenvalue weighted by Crippen LogP contribution is 2.35. The monoisotopic (exact) mass is 436 g/mol. The van der Waals surface area contributed by atoms with Gasteiger partial charge in [0.2, 0.25) is 5.91 Å². The predicted molar refractivity (Wildman–Crippen MR) is 106 cm³/mol. The van der Waals surface area contributed by atoms with Crippen LogP contribution in [0.15, 0.2) is 24.3 Å². The molecule has 1 amide bonds. The number of hydrogen-bond donors (Lipinski definition) is 2. The number of phenolic OH excluding ortho intramolecular Hbond substituents is 1. The van der Waals surface area contributed by atoms with E-state index in [-0.39, 0.29) is 40.2 Å². The van der Waals surface area contributed by atoms with E-state index < -0.39 is 40.8 Å². The van der Waals surface area contributed by atoms with Crippen molar-refractivity contribution in [3.8, 4) is 5.75 Å². The van der Waals surface area contributed by atoms with Crippen LogP contribution in [0.1, 0.15) is 41.9 Å². The summed E-state index contributed by atoms with van der Waals surface area (Å²) in [6.45, 7) is 5.06. The Hall–Kier alpha value is -3.36. The first-order valence-corrected chi connectivity index (χ1v) is 9.56. The molecule has 0 spiro atoms. The maximum Gasteiger partial charge on any atom is 0.262 e. The molecule has 2 N–H and O–H groups in total. The van der Waals surface area contributed by atoms with Crippen LogP contribution in [0.5, 0.6) is 5.75 Å². The van der Waals surface area contributed by atoms with Crippen molar-refractivity contribution in [2.24, 2.45) is 0 Å². The second kappa shape index (κ2) is 8.41. The minimum atomic E-state index is -1.32. The van der Waals surface area contributed by atoms with Gasteiger partial charge >= 0.3 is 0 Å². The molecule has 0 aliphatic rings. The van der Waals surface area contributed by atoms with E-state index in [1.807, 2.05) is 6.92 Å². The average Bonchev–Trinajstić information content (AvgIpc) is 2.98. The summed E-state index contributed by atoms with van der Waals surface area (Å²) in [5.74, 6) is -7.62. The Morgan fingerprint density at radius 3 is 2.39 bits per heavy atom. The molecule has 3 rings (SSSR count). The van der Waals surface area contributed by atoms with E-state index in [4.69, 9.17) is 0 Å². The largest absolute Gasteiger partial charge is 0.503 e. The van der Waals surface area contributed by atoms with Crippen LogP contribution in [0.25, 0.3) is 10.9 Å². The average molecular weight is 436 g/mol. The van der Waals surface area contributed by atoms with Gasteiger partial charge in [-0.2, -0.15) is 0 Å². The molecule has 5 nitrogen and oxygen atoms in total. The summed E-state index contributed by atoms with van der Waals surface area (Å²) in [5.41, 5.74) is -0.331. The molecule has 31 heavy (non-hydrogen) atoms. The van der Waals surface area contributed by atoms with Crippen molar-refractivity contribution in [2.75, 3.05) is 0 Å². The summed E-state index contributed by atoms with van der Waals surface area (Å²) in [7, 11) is 0. The number of carbonyl (C=O) groups is 2. The normalized spacial score (nSPS) is 12.2. The summed E-state index contributed by atoms with van der Waals surface area (Å²) in [6, 6.07) is 3.08. The van der Waals surface area contributed by atoms with Gasteiger partial charge in [0.1, 0.15) is 0 Å². The van der Waals surface area contributed by atoms with E-state index >= 15 is 0 Å². The van der Waals surface area contributed by atoms with E-state index in [0.717, 1.165) is 22.8 Å². The van der Waals surface area contributed by atoms with Crippen LogP contribution >= 0.6 is 0 Å². The molecule has 1 unspecified atom stereocenters. The van der Waals surface area contributed by atoms with Crippen LogP contribution in [-0.4, -0.2) is 27.5 Å². The summed E-state index contributed by atoms with van der Waals surface area (Å²) in [5, 5.41) is 12.1. The third-order valence-corrected chi connectivity index (χ3v) is 5.21. The van der Waals surface area contributed by atoms with Gasteiger partial charge in [-0.3, -0.25) is 14.2 Å². The van der Waals surface area contributed by atoms with Crippen LogP contribution in [0.4, 0.5) is 17.6 Å². The van der Waals surface area contributed by atoms with Crippen molar-refractivity contribution in [1.82, 2.24) is 9.88 Å². The Morgan fingerprint density at radius 2 is 1.77 bits per heavy atom. The number of nitrogens with one attached hydrogen (secondary N) is 1. The molecular formula is C22H20F4N2O3. The van der Waals surface area contributed by atoms with E-state index in [1.54, 1.807) is 6.92 Å². The summed E-state index contributed by atoms with van der Waals surface area (Å²) >= 11 is 0. The second-order valence-corrected chi connectivity index (χ2v) is 7.30. The fourth-order valence-corrected chi connectivity index (χ4v) is 3.38. The Kier molecular flexibility index (Phi) is 6.06. The fourth-order valence-electron chi connectivity index (χ4n) is 3.38. The topological polar surface area (TPSA) is 71.3 Å². The summed E-state index contributed by atoms with van der Waals surface area (Å²) < 4.78 is 56.7. The molecule has 0 saturated carbocycles. The molecule has 0 fully saturated rings. The van der Waals surface area contributed by atoms with Gasteiger partial charge in [-0.1, -0.05) is 6.92 Å². The van der Waals surface area contributed by atoms with Crippen LogP contribution < -0.4 is 5.32 Å². The van der Waals surface area contributed by atoms with Gasteiger partial charge < -0.3 is 10.4 Å². The minimum absolute atomic E-state index is 0.0690. The molecule has 164 valence electrons. The lowest BCUT2D eigenvalue weighted by Gasteiger charge is -2.12. The number of fused-ring (bicyclic) bond motifs is 1. The van der Waals surface area contributed by atoms with Crippen LogP contribution in [0.2, 0.25) is 0 Å². The molecule has 3 aromatic rings. The van der Waals surface area contributed by atoms with Gasteiger partial charge in [-0.25, -0.2) is 17.6 Å². The molecule has 0 aliphatic carbocycles. The zero-order valence-corrected chi connectivity index (χ0v) is 17.0. The molecule has 0 radical (unpaired) electrons. The van der Waals surface area contributed by atoms with Crippen molar-refractivity contribution in [2.45, 2.75) is 39.7 Å². The van der Waals surface area contributed by atoms with Crippen LogP contribution in [0.3, 0.4) is 0 Å². The number of carbonyl (C=O) groups excluding carboxylic acids is 2. The highest BCUT2D eigenvalue weighted by molar-refractivity contribution is 6.05. The first-order chi connectivity index (χ1) is 14.6. The number of aromatic nitrogens is 1. The molecule has 0 bridgehead atoms. The number of hydrogen-bond acceptors (Lipinski definition) is 3. The van der Waals surface area contributed by atoms with Gasteiger partial charge in [-0.05, 0) is 44.0 Å². The molecule has 1 heterocycles. The van der Waals surface area contributed by atoms with Gasteiger partial charge in [0, 0.05) is 28.8 Å². The standard InChI is InChI=1S/C22H20F4N2O3/c1-4-10(2)27-18(29)8-13-11(3)28(17-9-16(25)21(30)20(26)19(13)17)22(31)12-5-6-14(23)15(24)7-12/h5-7,9-10,30H,4,8H2,1-3H3,(H,27,29). The first kappa shape index (κ1) is 22.3. The predicted octanol–water partition coefficient (Wildman–Crippen LogP) is 4.36. The van der Waals surface area contributed by atoms with E-state index in [1.165, 1.54) is 6.92 Å². The van der Waals surface area contributed by atoms with E-state index in [2.05, 4.69) is 5.32 Å². The molecule has 0 aliphatic heterocycles. The summed E-state index contributed by atoms with van der Waals surface area (Å²) in [6.07, 6.45) is 0.314. The van der Waals surface area contributed by atoms with Gasteiger partial charge in [0.15, 0.2) is 29.0 Å². The summed E-state index contributed by atoms with van der Waals surface area (Å²) in [4.78, 5) is 25.5. The molecule has 1 aromatic heterocycles. The zero-order chi connectivity index (χ0) is 23.0. The van der Waals surface area contributed by atoms with Crippen molar-refractivity contribution in [1.29, 1.82) is 0 Å². The lowest BCUT2D eigenvalue weighted by Crippen LogP contribution is -2.33. The molecular weight excluding hydrogens is 416 g/mol. The number of rotatable bonds is 5. The third kappa shape index (κ3) is 3.99. The number of phenols is 1. The van der Waals surface area contributed by atoms with Crippen molar-refractivity contribution in [3.63, 3.8) is 0 Å². The van der Waals surface area contributed by atoms with Crippen LogP contribution in [0, 0.1) is 30.2 Å². The maximum absolute atomic E-state index is 14.8.